The van der Waals surface area contributed by atoms with Gasteiger partial charge in [-0.1, -0.05) is 5.16 Å². The van der Waals surface area contributed by atoms with Crippen LogP contribution < -0.4 is 10.2 Å². The molecule has 2 saturated heterocycles. The summed E-state index contributed by atoms with van der Waals surface area (Å²) >= 11 is 1.71. The molecule has 0 saturated carbocycles. The van der Waals surface area contributed by atoms with Crippen molar-refractivity contribution < 1.29 is 14.1 Å². The minimum Gasteiger partial charge on any atom is -0.360 e. The van der Waals surface area contributed by atoms with Crippen LogP contribution in [-0.4, -0.2) is 58.0 Å². The summed E-state index contributed by atoms with van der Waals surface area (Å²) in [7, 11) is 0. The third-order valence-electron chi connectivity index (χ3n) is 7.15. The number of anilines is 2. The normalized spacial score (nSPS) is 18.0. The molecule has 2 amide bonds. The molecule has 0 aliphatic carbocycles. The number of piperidine rings is 2. The molecule has 0 unspecified atom stereocenters. The summed E-state index contributed by atoms with van der Waals surface area (Å²) in [6, 6.07) is 1.70. The summed E-state index contributed by atoms with van der Waals surface area (Å²) in [6.45, 7) is 8.91. The van der Waals surface area contributed by atoms with E-state index in [1.165, 1.54) is 10.4 Å². The lowest BCUT2D eigenvalue weighted by Gasteiger charge is -2.37. The van der Waals surface area contributed by atoms with Gasteiger partial charge in [0, 0.05) is 49.0 Å². The van der Waals surface area contributed by atoms with E-state index in [2.05, 4.69) is 39.2 Å². The maximum atomic E-state index is 13.2. The number of hydrogen-bond donors (Lipinski definition) is 1. The van der Waals surface area contributed by atoms with Crippen molar-refractivity contribution in [3.8, 4) is 0 Å². The van der Waals surface area contributed by atoms with Crippen LogP contribution in [0.2, 0.25) is 0 Å². The first-order valence-electron chi connectivity index (χ1n) is 11.9. The van der Waals surface area contributed by atoms with Crippen molar-refractivity contribution in [2.45, 2.75) is 46.5 Å². The predicted octanol–water partition coefficient (Wildman–Crippen LogP) is 3.70. The fraction of sp³-hybridized carbons (Fsp3) is 0.542. The molecule has 180 valence electrons. The number of aryl methyl sites for hydroxylation is 3. The van der Waals surface area contributed by atoms with Crippen LogP contribution in [0.1, 0.15) is 41.9 Å². The third kappa shape index (κ3) is 4.38. The summed E-state index contributed by atoms with van der Waals surface area (Å²) in [5, 5.41) is 7.79. The molecular weight excluding hydrogens is 452 g/mol. The number of carbonyl (C=O) groups excluding carboxylic acids is 2. The fourth-order valence-corrected chi connectivity index (χ4v) is 6.01. The van der Waals surface area contributed by atoms with Crippen LogP contribution in [0.5, 0.6) is 0 Å². The van der Waals surface area contributed by atoms with Gasteiger partial charge in [-0.3, -0.25) is 9.59 Å². The molecular formula is C24H30N6O3S. The van der Waals surface area contributed by atoms with Gasteiger partial charge in [0.1, 0.15) is 22.7 Å². The van der Waals surface area contributed by atoms with Gasteiger partial charge in [-0.15, -0.1) is 11.3 Å². The second-order valence-electron chi connectivity index (χ2n) is 9.33. The molecule has 1 N–H and O–H groups in total. The highest BCUT2D eigenvalue weighted by Gasteiger charge is 2.33. The van der Waals surface area contributed by atoms with Crippen molar-refractivity contribution >= 4 is 45.0 Å². The van der Waals surface area contributed by atoms with Gasteiger partial charge in [-0.2, -0.15) is 0 Å². The maximum absolute atomic E-state index is 13.2. The molecule has 0 bridgehead atoms. The fourth-order valence-electron chi connectivity index (χ4n) is 5.02. The molecule has 2 aliphatic rings. The van der Waals surface area contributed by atoms with Gasteiger partial charge in [0.05, 0.1) is 5.39 Å². The van der Waals surface area contributed by atoms with Gasteiger partial charge >= 0.3 is 0 Å². The van der Waals surface area contributed by atoms with E-state index in [9.17, 15) is 9.59 Å². The molecule has 0 aromatic carbocycles. The predicted molar refractivity (Wildman–Crippen MR) is 131 cm³/mol. The van der Waals surface area contributed by atoms with Crippen molar-refractivity contribution in [1.29, 1.82) is 0 Å². The number of aromatic nitrogens is 3. The first kappa shape index (κ1) is 22.8. The number of likely N-dealkylation sites (tertiary alicyclic amines) is 1. The van der Waals surface area contributed by atoms with Crippen LogP contribution in [0.4, 0.5) is 11.6 Å². The Hall–Kier alpha value is -3.01. The van der Waals surface area contributed by atoms with Gasteiger partial charge in [-0.25, -0.2) is 9.97 Å². The standard InChI is InChI=1S/C24H30N6O3S/c1-14-12-19(28-33-14)27-22(31)17-4-10-30(11-5-17)24(32)18-6-8-29(9-7-18)21-20-15(2)16(3)34-23(20)26-13-25-21/h12-13,17-18H,4-11H2,1-3H3,(H,27,28,31). The number of carbonyl (C=O) groups is 2. The van der Waals surface area contributed by atoms with Gasteiger partial charge < -0.3 is 19.6 Å². The lowest BCUT2D eigenvalue weighted by molar-refractivity contribution is -0.139. The first-order chi connectivity index (χ1) is 16.4. The smallest absolute Gasteiger partial charge is 0.228 e. The Morgan fingerprint density at radius 2 is 1.74 bits per heavy atom. The van der Waals surface area contributed by atoms with Crippen molar-refractivity contribution in [3.63, 3.8) is 0 Å². The molecule has 2 aliphatic heterocycles. The first-order valence-corrected chi connectivity index (χ1v) is 12.7. The number of nitrogens with zero attached hydrogens (tertiary/aromatic N) is 5. The van der Waals surface area contributed by atoms with Crippen molar-refractivity contribution in [2.75, 3.05) is 36.4 Å². The number of nitrogens with one attached hydrogen (secondary N) is 1. The van der Waals surface area contributed by atoms with Gasteiger partial charge in [0.15, 0.2) is 5.82 Å². The lowest BCUT2D eigenvalue weighted by atomic mass is 9.91. The minimum absolute atomic E-state index is 0.0300. The van der Waals surface area contributed by atoms with E-state index in [4.69, 9.17) is 4.52 Å². The molecule has 3 aromatic rings. The highest BCUT2D eigenvalue weighted by atomic mass is 32.1. The lowest BCUT2D eigenvalue weighted by Crippen LogP contribution is -2.46. The molecule has 9 nitrogen and oxygen atoms in total. The van der Waals surface area contributed by atoms with Gasteiger partial charge in [0.25, 0.3) is 0 Å². The van der Waals surface area contributed by atoms with E-state index in [1.54, 1.807) is 30.7 Å². The Bertz CT molecular complexity index is 1200. The van der Waals surface area contributed by atoms with E-state index in [1.807, 2.05) is 4.90 Å². The highest BCUT2D eigenvalue weighted by molar-refractivity contribution is 7.18. The zero-order chi connectivity index (χ0) is 23.8. The quantitative estimate of drug-likeness (QED) is 0.605. The summed E-state index contributed by atoms with van der Waals surface area (Å²) in [4.78, 5) is 41.3. The van der Waals surface area contributed by atoms with Crippen molar-refractivity contribution in [3.05, 3.63) is 28.6 Å². The molecule has 5 heterocycles. The monoisotopic (exact) mass is 482 g/mol. The Balaban J connectivity index is 1.14. The molecule has 0 spiro atoms. The molecule has 0 atom stereocenters. The van der Waals surface area contributed by atoms with E-state index in [0.717, 1.165) is 42.0 Å². The molecule has 3 aromatic heterocycles. The van der Waals surface area contributed by atoms with Crippen molar-refractivity contribution in [1.82, 2.24) is 20.0 Å². The topological polar surface area (TPSA) is 104 Å². The molecule has 5 rings (SSSR count). The highest BCUT2D eigenvalue weighted by Crippen LogP contribution is 2.36. The van der Waals surface area contributed by atoms with Crippen LogP contribution in [0.3, 0.4) is 0 Å². The number of hydrogen-bond acceptors (Lipinski definition) is 8. The van der Waals surface area contributed by atoms with Crippen LogP contribution in [0.25, 0.3) is 10.2 Å². The van der Waals surface area contributed by atoms with Crippen LogP contribution >= 0.6 is 11.3 Å². The number of amides is 2. The van der Waals surface area contributed by atoms with E-state index >= 15 is 0 Å². The van der Waals surface area contributed by atoms with Crippen LogP contribution in [0.15, 0.2) is 16.9 Å². The minimum atomic E-state index is -0.111. The summed E-state index contributed by atoms with van der Waals surface area (Å²) in [6.07, 6.45) is 4.62. The summed E-state index contributed by atoms with van der Waals surface area (Å²) < 4.78 is 5.00. The van der Waals surface area contributed by atoms with Crippen molar-refractivity contribution in [2.24, 2.45) is 11.8 Å². The summed E-state index contributed by atoms with van der Waals surface area (Å²) in [5.74, 6) is 2.19. The average Bonchev–Trinajstić information content (AvgIpc) is 3.40. The second-order valence-corrected chi connectivity index (χ2v) is 10.5. The summed E-state index contributed by atoms with van der Waals surface area (Å²) in [5.41, 5.74) is 1.25. The zero-order valence-electron chi connectivity index (χ0n) is 19.8. The largest absolute Gasteiger partial charge is 0.360 e. The molecule has 10 heteroatoms. The number of rotatable bonds is 4. The molecule has 2 fully saturated rings. The van der Waals surface area contributed by atoms with Crippen LogP contribution in [0, 0.1) is 32.6 Å². The molecule has 34 heavy (non-hydrogen) atoms. The third-order valence-corrected chi connectivity index (χ3v) is 8.26. The van der Waals surface area contributed by atoms with Crippen LogP contribution in [-0.2, 0) is 9.59 Å². The average molecular weight is 483 g/mol. The Labute approximate surface area is 202 Å². The SMILES string of the molecule is Cc1cc(NC(=O)C2CCN(C(=O)C3CCN(c4ncnc5sc(C)c(C)c45)CC3)CC2)no1. The van der Waals surface area contributed by atoms with Gasteiger partial charge in [-0.05, 0) is 52.0 Å². The van der Waals surface area contributed by atoms with Gasteiger partial charge in [0.2, 0.25) is 11.8 Å². The Morgan fingerprint density at radius 1 is 1.03 bits per heavy atom. The number of thiophene rings is 1. The van der Waals surface area contributed by atoms with E-state index in [-0.39, 0.29) is 23.7 Å². The number of fused-ring (bicyclic) bond motifs is 1. The second kappa shape index (κ2) is 9.32. The zero-order valence-corrected chi connectivity index (χ0v) is 20.7. The Morgan fingerprint density at radius 3 is 2.41 bits per heavy atom. The Kier molecular flexibility index (Phi) is 6.24. The van der Waals surface area contributed by atoms with E-state index in [0.29, 0.717) is 37.5 Å². The van der Waals surface area contributed by atoms with E-state index < -0.39 is 0 Å². The maximum Gasteiger partial charge on any atom is 0.228 e. The molecule has 0 radical (unpaired) electrons.